The highest BCUT2D eigenvalue weighted by Crippen LogP contribution is 2.33. The average molecular weight is 1970 g/mol. The number of ether oxygens (including phenoxy) is 6. The van der Waals surface area contributed by atoms with Gasteiger partial charge in [-0.3, -0.25) is 0 Å². The lowest BCUT2D eigenvalue weighted by molar-refractivity contribution is -0.197. The van der Waals surface area contributed by atoms with Crippen molar-refractivity contribution < 1.29 is 224 Å². The number of benzene rings is 6. The zero-order valence-electron chi connectivity index (χ0n) is 64.4. The maximum atomic E-state index is 12.6. The Morgan fingerprint density at radius 1 is 0.287 bits per heavy atom. The Bertz CT molecular complexity index is 5540. The molecule has 6 unspecified atom stereocenters. The van der Waals surface area contributed by atoms with Gasteiger partial charge >= 0.3 is 72.9 Å². The van der Waals surface area contributed by atoms with Gasteiger partial charge in [0.05, 0.1) is 165 Å². The molecule has 0 heterocycles. The molecule has 0 bridgehead atoms. The summed E-state index contributed by atoms with van der Waals surface area (Å²) in [5.74, 6) is -21.6. The summed E-state index contributed by atoms with van der Waals surface area (Å²) in [6.45, 7) is 1.60. The maximum absolute atomic E-state index is 12.6. The second-order valence-electron chi connectivity index (χ2n) is 25.1. The molecule has 0 aliphatic carbocycles. The summed E-state index contributed by atoms with van der Waals surface area (Å²) in [6.07, 6.45) is -49.3. The highest BCUT2D eigenvalue weighted by Gasteiger charge is 2.49. The van der Waals surface area contributed by atoms with E-state index in [0.29, 0.717) is 33.4 Å². The minimum absolute atomic E-state index is 0.0164. The third kappa shape index (κ3) is 46.1. The van der Waals surface area contributed by atoms with Crippen molar-refractivity contribution in [3.63, 3.8) is 0 Å². The lowest BCUT2D eigenvalue weighted by Crippen LogP contribution is -2.39. The van der Waals surface area contributed by atoms with Crippen LogP contribution in [0.5, 0.6) is 11.5 Å². The molecular weight excluding hydrogens is 1920 g/mol. The number of alkyl halides is 18. The van der Waals surface area contributed by atoms with E-state index in [9.17, 15) is 196 Å². The van der Waals surface area contributed by atoms with Crippen molar-refractivity contribution in [2.75, 3.05) is 34.5 Å². The van der Waals surface area contributed by atoms with Crippen molar-refractivity contribution in [3.05, 3.63) is 200 Å². The van der Waals surface area contributed by atoms with E-state index < -0.39 is 227 Å². The zero-order chi connectivity index (χ0) is 100. The predicted octanol–water partition coefficient (Wildman–Crippen LogP) is 5.65. The minimum Gasteiger partial charge on any atom is -0.748 e. The van der Waals surface area contributed by atoms with Crippen molar-refractivity contribution in [3.8, 4) is 11.5 Å². The highest BCUT2D eigenvalue weighted by molar-refractivity contribution is 7.87. The summed E-state index contributed by atoms with van der Waals surface area (Å²) >= 11 is 0. The second-order valence-corrected chi connectivity index (χ2v) is 33.8. The summed E-state index contributed by atoms with van der Waals surface area (Å²) in [7, 11) is 0.518. The number of carbonyl (C=O) groups is 6. The molecule has 6 atom stereocenters. The van der Waals surface area contributed by atoms with Crippen molar-refractivity contribution in [1.29, 1.82) is 0 Å². The van der Waals surface area contributed by atoms with E-state index in [4.69, 9.17) is 47.1 Å². The van der Waals surface area contributed by atoms with Crippen molar-refractivity contribution in [2.24, 2.45) is 0 Å². The third-order valence-electron chi connectivity index (χ3n) is 14.9. The lowest BCUT2D eigenvalue weighted by Gasteiger charge is -2.22. The molecule has 2 N–H and O–H groups in total. The van der Waals surface area contributed by atoms with Gasteiger partial charge in [-0.05, 0) is 84.8 Å². The molecule has 62 heteroatoms. The van der Waals surface area contributed by atoms with Gasteiger partial charge in [0.2, 0.25) is 36.6 Å². The van der Waals surface area contributed by atoms with Crippen LogP contribution < -0.4 is 0 Å². The van der Waals surface area contributed by atoms with Crippen LogP contribution in [0.4, 0.5) is 79.0 Å². The fourth-order valence-corrected chi connectivity index (χ4v) is 12.5. The van der Waals surface area contributed by atoms with Gasteiger partial charge in [-0.15, -0.1) is 0 Å². The predicted molar refractivity (Wildman–Crippen MR) is 402 cm³/mol. The molecule has 0 spiro atoms. The van der Waals surface area contributed by atoms with Gasteiger partial charge in [0, 0.05) is 0 Å². The largest absolute Gasteiger partial charge is 0.748 e. The smallest absolute Gasteiger partial charge is 0.426 e. The van der Waals surface area contributed by atoms with E-state index in [-0.39, 0.29) is 65.7 Å². The molecule has 12 radical (unpaired) electrons. The zero-order valence-corrected chi connectivity index (χ0v) is 69.3. The number of hydrogen-bond acceptors (Lipinski definition) is 32. The van der Waals surface area contributed by atoms with E-state index in [0.717, 1.165) is 24.3 Å². The Balaban J connectivity index is 0.000000774. The summed E-state index contributed by atoms with van der Waals surface area (Å²) in [5.41, 5.74) is 1.22. The van der Waals surface area contributed by atoms with Crippen LogP contribution in [0.3, 0.4) is 0 Å². The van der Waals surface area contributed by atoms with E-state index >= 15 is 0 Å². The highest BCUT2D eigenvalue weighted by atomic mass is 32.2. The molecule has 0 fully saturated rings. The van der Waals surface area contributed by atoms with Gasteiger partial charge in [-0.25, -0.2) is 79.3 Å². The van der Waals surface area contributed by atoms with Crippen LogP contribution in [0.2, 0.25) is 0 Å². The van der Waals surface area contributed by atoms with Crippen LogP contribution in [0.25, 0.3) is 0 Å². The maximum Gasteiger partial charge on any atom is 0.426 e. The van der Waals surface area contributed by atoms with Crippen LogP contribution in [0, 0.1) is 6.92 Å². The number of rotatable bonds is 30. The fourth-order valence-electron chi connectivity index (χ4n) is 8.76. The number of aryl methyl sites for hydroxylation is 1. The molecule has 0 saturated heterocycles. The van der Waals surface area contributed by atoms with Crippen LogP contribution in [-0.4, -0.2) is 279 Å². The van der Waals surface area contributed by atoms with E-state index in [1.807, 2.05) is 0 Å². The molecule has 129 heavy (non-hydrogen) atoms. The number of aromatic hydroxyl groups is 2. The van der Waals surface area contributed by atoms with Gasteiger partial charge in [0.25, 0.3) is 0 Å². The summed E-state index contributed by atoms with van der Waals surface area (Å²) in [5, 5.41) is 19.0. The van der Waals surface area contributed by atoms with E-state index in [1.54, 1.807) is 13.0 Å². The molecular formula is C67H56B6F18O32S6-6. The summed E-state index contributed by atoms with van der Waals surface area (Å²) < 4.78 is 439. The van der Waals surface area contributed by atoms with Crippen molar-refractivity contribution >= 4 is 144 Å². The molecule has 6 aromatic rings. The second kappa shape index (κ2) is 49.0. The third-order valence-corrected chi connectivity index (χ3v) is 19.2. The summed E-state index contributed by atoms with van der Waals surface area (Å²) in [4.78, 5) is 69.8. The molecule has 0 aliphatic rings. The van der Waals surface area contributed by atoms with Crippen LogP contribution in [0.1, 0.15) is 101 Å². The van der Waals surface area contributed by atoms with Crippen LogP contribution >= 0.6 is 0 Å². The van der Waals surface area contributed by atoms with Gasteiger partial charge in [-0.1, -0.05) is 126 Å². The monoisotopic (exact) mass is 1970 g/mol. The first-order valence-electron chi connectivity index (χ1n) is 33.9. The number of esters is 6. The van der Waals surface area contributed by atoms with Gasteiger partial charge < -0.3 is 66.0 Å². The molecule has 0 aliphatic heterocycles. The number of phenolic OH excluding ortho intramolecular Hbond substituents is 2. The fraction of sp³-hybridized carbons (Fsp3) is 0.373. The van der Waals surface area contributed by atoms with Gasteiger partial charge in [-0.2, -0.15) is 79.0 Å². The molecule has 6 aromatic carbocycles. The topological polar surface area (TPSA) is 541 Å². The first-order valence-corrected chi connectivity index (χ1v) is 43.3. The number of carbonyl (C=O) groups excluding carboxylic acids is 6. The Labute approximate surface area is 728 Å². The molecule has 0 saturated carbocycles. The molecule has 0 aromatic heterocycles. The first kappa shape index (κ1) is 117. The van der Waals surface area contributed by atoms with E-state index in [2.05, 4.69) is 28.4 Å². The van der Waals surface area contributed by atoms with Gasteiger partial charge in [0.1, 0.15) is 22.6 Å². The Hall–Kier alpha value is -9.67. The first-order chi connectivity index (χ1) is 58.4. The summed E-state index contributed by atoms with van der Waals surface area (Å²) in [6, 6.07) is 26.5. The Morgan fingerprint density at radius 3 is 0.884 bits per heavy atom. The molecule has 0 amide bonds. The number of halogens is 18. The average Bonchev–Trinajstić information content (AvgIpc) is 0.813. The molecule has 702 valence electrons. The standard InChI is InChI=1S/C12H12BF3O5S.2C11H10BF3O6S.3C11H10BF3O5S/c1-7-4-8(2-3-9(7)5-13)11(17)21-10(12(14,15)16)6-22(18,19)20;12-4-6-1-2-8(16)7(3-6)10(17)21-9(11(13,14)15)5-22(18,19)20;12-4-6-1-2-7(8(16)3-6)10(17)21-9(11(13,14)15)5-22(18,19)20;12-5-7-1-3-8(4-2-7)10(16)20-9(11(13,14)15)6-21(17,18)19;12-5-7-2-1-3-8(4-7)10(16)20-9(11(13,14)15)6-21(17,18)19;12-5-7-3-1-2-4-8(7)10(16)20-9(11(13,14)15)6-21(17,18)19/h2-4,10H,5-6H2,1H3,(H,18,19,20);2*1-3,9,16H,4-5H2,(H,18,19,20);3*1-4,9H,5-6H2,(H,17,18,19)/p-6. The van der Waals surface area contributed by atoms with Crippen molar-refractivity contribution in [2.45, 2.75) is 119 Å². The minimum atomic E-state index is -5.29. The number of phenols is 2. The van der Waals surface area contributed by atoms with Crippen LogP contribution in [-0.2, 0) is 127 Å². The number of hydrogen-bond donors (Lipinski definition) is 2. The SMILES string of the molecule is [B]Cc1ccc(C(=O)OC(CS(=O)(=O)[O-])C(F)(F)F)c(O)c1.[B]Cc1ccc(C(=O)OC(CS(=O)(=O)[O-])C(F)(F)F)cc1.[B]Cc1ccc(C(=O)OC(CS(=O)(=O)[O-])C(F)(F)F)cc1C.[B]Cc1ccc(O)c(C(=O)OC(CS(=O)(=O)[O-])C(F)(F)F)c1.[B]Cc1cccc(C(=O)OC(CS(=O)(=O)[O-])C(F)(F)F)c1.[B]Cc1ccccc1C(=O)OC(CS(=O)(=O)[O-])C(F)(F)F. The Kier molecular flexibility index (Phi) is 44.6. The molecule has 32 nitrogen and oxygen atoms in total. The van der Waals surface area contributed by atoms with Gasteiger partial charge in [0.15, 0.2) is 0 Å². The van der Waals surface area contributed by atoms with E-state index in [1.165, 1.54) is 97.1 Å². The quantitative estimate of drug-likeness (QED) is 0.0181. The normalized spacial score (nSPS) is 13.7. The van der Waals surface area contributed by atoms with Crippen molar-refractivity contribution in [1.82, 2.24) is 0 Å². The lowest BCUT2D eigenvalue weighted by atomic mass is 9.92. The Morgan fingerprint density at radius 2 is 0.566 bits per heavy atom. The molecule has 6 rings (SSSR count). The van der Waals surface area contributed by atoms with Crippen LogP contribution in [0.15, 0.2) is 127 Å².